The highest BCUT2D eigenvalue weighted by Gasteiger charge is 2.33. The number of ether oxygens (including phenoxy) is 3. The lowest BCUT2D eigenvalue weighted by Crippen LogP contribution is -2.82. The molecule has 1 saturated heterocycles. The molecule has 1 aliphatic rings. The third kappa shape index (κ3) is 7.29. The SMILES string of the molecule is COc1ccc(C[NH2+]CC[C@@H](CCC(C)C)[C@H]2CCOC(C)(C)C2)cc1OC. The molecule has 2 N–H and O–H groups in total. The monoisotopic (exact) mass is 392 g/mol. The second kappa shape index (κ2) is 11.1. The molecule has 0 saturated carbocycles. The summed E-state index contributed by atoms with van der Waals surface area (Å²) < 4.78 is 16.7. The highest BCUT2D eigenvalue weighted by Crippen LogP contribution is 2.37. The number of quaternary nitrogens is 1. The lowest BCUT2D eigenvalue weighted by Gasteiger charge is -2.39. The van der Waals surface area contributed by atoms with Crippen LogP contribution in [0.25, 0.3) is 0 Å². The number of methoxy groups -OCH3 is 2. The highest BCUT2D eigenvalue weighted by atomic mass is 16.5. The molecule has 4 nitrogen and oxygen atoms in total. The van der Waals surface area contributed by atoms with E-state index >= 15 is 0 Å². The Morgan fingerprint density at radius 1 is 1.11 bits per heavy atom. The lowest BCUT2D eigenvalue weighted by atomic mass is 9.75. The minimum Gasteiger partial charge on any atom is -0.493 e. The quantitative estimate of drug-likeness (QED) is 0.567. The Morgan fingerprint density at radius 2 is 1.86 bits per heavy atom. The molecule has 4 heteroatoms. The average molecular weight is 393 g/mol. The van der Waals surface area contributed by atoms with Crippen LogP contribution in [0.5, 0.6) is 11.5 Å². The van der Waals surface area contributed by atoms with Gasteiger partial charge in [-0.1, -0.05) is 20.3 Å². The van der Waals surface area contributed by atoms with Crippen LogP contribution < -0.4 is 14.8 Å². The fourth-order valence-corrected chi connectivity index (χ4v) is 4.45. The lowest BCUT2D eigenvalue weighted by molar-refractivity contribution is -0.671. The van der Waals surface area contributed by atoms with Gasteiger partial charge in [0.2, 0.25) is 0 Å². The van der Waals surface area contributed by atoms with Gasteiger partial charge in [0, 0.05) is 12.2 Å². The number of rotatable bonds is 11. The minimum absolute atomic E-state index is 0.0440. The predicted molar refractivity (Wildman–Crippen MR) is 115 cm³/mol. The Morgan fingerprint density at radius 3 is 2.50 bits per heavy atom. The van der Waals surface area contributed by atoms with Crippen molar-refractivity contribution in [1.29, 1.82) is 0 Å². The molecule has 1 fully saturated rings. The molecule has 28 heavy (non-hydrogen) atoms. The highest BCUT2D eigenvalue weighted by molar-refractivity contribution is 5.42. The van der Waals surface area contributed by atoms with Crippen LogP contribution in [0.3, 0.4) is 0 Å². The van der Waals surface area contributed by atoms with Crippen LogP contribution in [-0.2, 0) is 11.3 Å². The van der Waals surface area contributed by atoms with Gasteiger partial charge < -0.3 is 19.5 Å². The van der Waals surface area contributed by atoms with Crippen LogP contribution in [0.15, 0.2) is 18.2 Å². The molecular formula is C24H42NO3+. The zero-order chi connectivity index (χ0) is 20.6. The topological polar surface area (TPSA) is 44.3 Å². The standard InChI is InChI=1S/C24H41NO3/c1-18(2)7-9-20(21-12-14-28-24(3,4)16-21)11-13-25-17-19-8-10-22(26-5)23(15-19)27-6/h8,10,15,18,20-21,25H,7,9,11-14,16-17H2,1-6H3/p+1/t20-,21+/m1/s1. The Balaban J connectivity index is 1.87. The van der Waals surface area contributed by atoms with Crippen molar-refractivity contribution in [3.05, 3.63) is 23.8 Å². The van der Waals surface area contributed by atoms with E-state index in [1.807, 2.05) is 6.07 Å². The van der Waals surface area contributed by atoms with Gasteiger partial charge in [0.1, 0.15) is 6.54 Å². The smallest absolute Gasteiger partial charge is 0.161 e. The van der Waals surface area contributed by atoms with Crippen molar-refractivity contribution < 1.29 is 19.5 Å². The Labute approximate surface area is 172 Å². The van der Waals surface area contributed by atoms with E-state index in [1.54, 1.807) is 14.2 Å². The maximum absolute atomic E-state index is 5.97. The third-order valence-electron chi connectivity index (χ3n) is 6.09. The molecule has 160 valence electrons. The van der Waals surface area contributed by atoms with E-state index < -0.39 is 0 Å². The molecule has 1 aromatic rings. The van der Waals surface area contributed by atoms with E-state index in [1.165, 1.54) is 44.2 Å². The zero-order valence-electron chi connectivity index (χ0n) is 18.9. The van der Waals surface area contributed by atoms with Gasteiger partial charge in [0.05, 0.1) is 26.4 Å². The first kappa shape index (κ1) is 23.0. The van der Waals surface area contributed by atoms with Gasteiger partial charge in [0.15, 0.2) is 11.5 Å². The molecule has 2 rings (SSSR count). The van der Waals surface area contributed by atoms with E-state index in [2.05, 4.69) is 45.1 Å². The van der Waals surface area contributed by atoms with Crippen molar-refractivity contribution in [3.63, 3.8) is 0 Å². The number of hydrogen-bond donors (Lipinski definition) is 1. The molecule has 1 heterocycles. The van der Waals surface area contributed by atoms with E-state index in [-0.39, 0.29) is 5.60 Å². The molecule has 0 spiro atoms. The summed E-state index contributed by atoms with van der Waals surface area (Å²) in [6, 6.07) is 6.22. The van der Waals surface area contributed by atoms with Crippen molar-refractivity contribution in [2.24, 2.45) is 17.8 Å². The van der Waals surface area contributed by atoms with Gasteiger partial charge in [-0.25, -0.2) is 0 Å². The summed E-state index contributed by atoms with van der Waals surface area (Å²) in [5.41, 5.74) is 1.33. The number of hydrogen-bond acceptors (Lipinski definition) is 3. The first-order valence-corrected chi connectivity index (χ1v) is 11.0. The van der Waals surface area contributed by atoms with Gasteiger partial charge in [-0.2, -0.15) is 0 Å². The second-order valence-corrected chi connectivity index (χ2v) is 9.35. The third-order valence-corrected chi connectivity index (χ3v) is 6.09. The maximum atomic E-state index is 5.97. The number of nitrogens with two attached hydrogens (primary N) is 1. The molecule has 1 aliphatic heterocycles. The molecule has 0 radical (unpaired) electrons. The normalized spacial score (nSPS) is 20.2. The molecule has 0 unspecified atom stereocenters. The molecular weight excluding hydrogens is 350 g/mol. The fraction of sp³-hybridized carbons (Fsp3) is 0.750. The maximum Gasteiger partial charge on any atom is 0.161 e. The van der Waals surface area contributed by atoms with E-state index in [0.29, 0.717) is 0 Å². The van der Waals surface area contributed by atoms with Gasteiger partial charge in [0.25, 0.3) is 0 Å². The summed E-state index contributed by atoms with van der Waals surface area (Å²) >= 11 is 0. The minimum atomic E-state index is 0.0440. The van der Waals surface area contributed by atoms with Crippen LogP contribution in [0.1, 0.15) is 65.4 Å². The molecule has 1 aromatic carbocycles. The summed E-state index contributed by atoms with van der Waals surface area (Å²) in [6.07, 6.45) is 6.40. The van der Waals surface area contributed by atoms with Gasteiger partial charge >= 0.3 is 0 Å². The molecule has 0 aliphatic carbocycles. The van der Waals surface area contributed by atoms with Gasteiger partial charge in [-0.15, -0.1) is 0 Å². The first-order valence-electron chi connectivity index (χ1n) is 11.0. The van der Waals surface area contributed by atoms with Crippen molar-refractivity contribution in [1.82, 2.24) is 0 Å². The Bertz CT molecular complexity index is 585. The summed E-state index contributed by atoms with van der Waals surface area (Å²) in [5, 5.41) is 2.44. The van der Waals surface area contributed by atoms with Crippen LogP contribution in [-0.4, -0.2) is 33.0 Å². The van der Waals surface area contributed by atoms with Crippen LogP contribution in [0, 0.1) is 17.8 Å². The van der Waals surface area contributed by atoms with Gasteiger partial charge in [-0.3, -0.25) is 0 Å². The van der Waals surface area contributed by atoms with Crippen LogP contribution in [0.4, 0.5) is 0 Å². The molecule has 0 bridgehead atoms. The summed E-state index contributed by atoms with van der Waals surface area (Å²) in [7, 11) is 3.37. The van der Waals surface area contributed by atoms with E-state index in [0.717, 1.165) is 42.4 Å². The van der Waals surface area contributed by atoms with Crippen molar-refractivity contribution in [3.8, 4) is 11.5 Å². The molecule has 2 atom stereocenters. The largest absolute Gasteiger partial charge is 0.493 e. The van der Waals surface area contributed by atoms with Crippen LogP contribution in [0.2, 0.25) is 0 Å². The number of benzene rings is 1. The van der Waals surface area contributed by atoms with Crippen molar-refractivity contribution in [2.75, 3.05) is 27.4 Å². The average Bonchev–Trinajstić information content (AvgIpc) is 2.66. The molecule has 0 amide bonds. The van der Waals surface area contributed by atoms with E-state index in [4.69, 9.17) is 14.2 Å². The Hall–Kier alpha value is -1.26. The summed E-state index contributed by atoms with van der Waals surface area (Å²) in [5.74, 6) is 4.00. The Kier molecular flexibility index (Phi) is 9.10. The van der Waals surface area contributed by atoms with Gasteiger partial charge in [-0.05, 0) is 75.5 Å². The zero-order valence-corrected chi connectivity index (χ0v) is 18.9. The van der Waals surface area contributed by atoms with Crippen molar-refractivity contribution in [2.45, 2.75) is 71.9 Å². The van der Waals surface area contributed by atoms with E-state index in [9.17, 15) is 0 Å². The predicted octanol–water partition coefficient (Wildman–Crippen LogP) is 4.41. The second-order valence-electron chi connectivity index (χ2n) is 9.35. The first-order chi connectivity index (χ1) is 13.3. The molecule has 0 aromatic heterocycles. The fourth-order valence-electron chi connectivity index (χ4n) is 4.45. The summed E-state index contributed by atoms with van der Waals surface area (Å²) in [4.78, 5) is 0. The van der Waals surface area contributed by atoms with Crippen LogP contribution >= 0.6 is 0 Å². The van der Waals surface area contributed by atoms with Crippen molar-refractivity contribution >= 4 is 0 Å². The summed E-state index contributed by atoms with van der Waals surface area (Å²) in [6.45, 7) is 12.3.